The average molecular weight is 289 g/mol. The second-order valence-corrected chi connectivity index (χ2v) is 4.49. The fourth-order valence-corrected chi connectivity index (χ4v) is 2.64. The standard InChI is InChI=1S/C9H8INS/c1-7-2-3-8-4-5-11(12-10)9(8)6-7/h2-6H,1H3. The van der Waals surface area contributed by atoms with Crippen LogP contribution in [0.25, 0.3) is 10.9 Å². The Morgan fingerprint density at radius 3 is 2.92 bits per heavy atom. The molecule has 0 radical (unpaired) electrons. The SMILES string of the molecule is Cc1ccc2ccn(SI)c2c1. The molecular formula is C9H8INS. The second-order valence-electron chi connectivity index (χ2n) is 2.77. The number of hydrogen-bond acceptors (Lipinski definition) is 1. The van der Waals surface area contributed by atoms with Crippen LogP contribution in [0.4, 0.5) is 0 Å². The van der Waals surface area contributed by atoms with Crippen molar-refractivity contribution in [1.29, 1.82) is 0 Å². The van der Waals surface area contributed by atoms with Gasteiger partial charge >= 0.3 is 0 Å². The van der Waals surface area contributed by atoms with Crippen LogP contribution in [-0.2, 0) is 0 Å². The van der Waals surface area contributed by atoms with E-state index in [1.807, 2.05) is 0 Å². The quantitative estimate of drug-likeness (QED) is 0.723. The summed E-state index contributed by atoms with van der Waals surface area (Å²) in [5.41, 5.74) is 2.61. The average Bonchev–Trinajstić information content (AvgIpc) is 2.46. The van der Waals surface area contributed by atoms with E-state index in [4.69, 9.17) is 0 Å². The van der Waals surface area contributed by atoms with Crippen LogP contribution in [0.3, 0.4) is 0 Å². The minimum absolute atomic E-state index is 1.30. The smallest absolute Gasteiger partial charge is 0.0601 e. The summed E-state index contributed by atoms with van der Waals surface area (Å²) in [5, 5.41) is 1.31. The predicted molar refractivity (Wildman–Crippen MR) is 63.7 cm³/mol. The van der Waals surface area contributed by atoms with E-state index >= 15 is 0 Å². The van der Waals surface area contributed by atoms with E-state index < -0.39 is 0 Å². The Bertz CT molecular complexity index is 408. The number of halogens is 1. The van der Waals surface area contributed by atoms with Gasteiger partial charge in [0.25, 0.3) is 0 Å². The maximum atomic E-state index is 2.29. The van der Waals surface area contributed by atoms with Gasteiger partial charge in [0.05, 0.1) is 5.52 Å². The first-order chi connectivity index (χ1) is 5.81. The largest absolute Gasteiger partial charge is 0.283 e. The van der Waals surface area contributed by atoms with Crippen molar-refractivity contribution in [3.63, 3.8) is 0 Å². The van der Waals surface area contributed by atoms with Crippen molar-refractivity contribution in [1.82, 2.24) is 3.97 Å². The van der Waals surface area contributed by atoms with Crippen molar-refractivity contribution in [3.8, 4) is 0 Å². The lowest BCUT2D eigenvalue weighted by Gasteiger charge is -1.98. The summed E-state index contributed by atoms with van der Waals surface area (Å²) in [6.07, 6.45) is 2.10. The molecule has 1 aromatic heterocycles. The first kappa shape index (κ1) is 8.44. The molecule has 0 saturated carbocycles. The molecule has 0 unspecified atom stereocenters. The van der Waals surface area contributed by atoms with Gasteiger partial charge in [-0.05, 0) is 24.6 Å². The molecule has 1 nitrogen and oxygen atoms in total. The zero-order chi connectivity index (χ0) is 8.55. The normalized spacial score (nSPS) is 10.8. The van der Waals surface area contributed by atoms with Crippen LogP contribution < -0.4 is 0 Å². The molecule has 0 bridgehead atoms. The monoisotopic (exact) mass is 289 g/mol. The Labute approximate surface area is 87.9 Å². The summed E-state index contributed by atoms with van der Waals surface area (Å²) >= 11 is 2.29. The molecule has 3 heteroatoms. The van der Waals surface area contributed by atoms with Crippen LogP contribution in [0.1, 0.15) is 5.56 Å². The summed E-state index contributed by atoms with van der Waals surface area (Å²) in [6, 6.07) is 8.65. The first-order valence-corrected chi connectivity index (χ1v) is 6.99. The third kappa shape index (κ3) is 1.35. The summed E-state index contributed by atoms with van der Waals surface area (Å²) in [4.78, 5) is 0. The van der Waals surface area contributed by atoms with Crippen molar-refractivity contribution in [2.45, 2.75) is 6.92 Å². The number of hydrogen-bond donors (Lipinski definition) is 0. The van der Waals surface area contributed by atoms with Crippen LogP contribution in [-0.4, -0.2) is 3.97 Å². The topological polar surface area (TPSA) is 4.93 Å². The summed E-state index contributed by atoms with van der Waals surface area (Å²) in [7, 11) is 1.70. The highest BCUT2D eigenvalue weighted by atomic mass is 127. The molecule has 0 spiro atoms. The molecule has 0 aliphatic heterocycles. The lowest BCUT2D eigenvalue weighted by molar-refractivity contribution is 1.35. The Morgan fingerprint density at radius 1 is 1.33 bits per heavy atom. The Hall–Kier alpha value is -0.160. The van der Waals surface area contributed by atoms with E-state index in [1.54, 1.807) is 9.12 Å². The van der Waals surface area contributed by atoms with Gasteiger partial charge in [-0.1, -0.05) is 12.1 Å². The van der Waals surface area contributed by atoms with Crippen LogP contribution >= 0.6 is 30.3 Å². The van der Waals surface area contributed by atoms with E-state index in [0.29, 0.717) is 0 Å². The third-order valence-corrected chi connectivity index (χ3v) is 3.63. The molecule has 0 fully saturated rings. The maximum Gasteiger partial charge on any atom is 0.0601 e. The summed E-state index contributed by atoms with van der Waals surface area (Å²) in [6.45, 7) is 2.12. The number of rotatable bonds is 1. The first-order valence-electron chi connectivity index (χ1n) is 3.68. The van der Waals surface area contributed by atoms with Gasteiger partial charge in [0.2, 0.25) is 0 Å². The van der Waals surface area contributed by atoms with Gasteiger partial charge in [0.15, 0.2) is 0 Å². The van der Waals surface area contributed by atoms with E-state index in [0.717, 1.165) is 0 Å². The van der Waals surface area contributed by atoms with Crippen molar-refractivity contribution in [2.24, 2.45) is 0 Å². The minimum atomic E-state index is 1.30. The molecule has 0 N–H and O–H groups in total. The molecule has 2 rings (SSSR count). The van der Waals surface area contributed by atoms with Crippen LogP contribution in [0.5, 0.6) is 0 Å². The number of nitrogens with zero attached hydrogens (tertiary/aromatic N) is 1. The van der Waals surface area contributed by atoms with Crippen molar-refractivity contribution < 1.29 is 0 Å². The number of aromatic nitrogens is 1. The van der Waals surface area contributed by atoms with E-state index in [1.165, 1.54) is 16.5 Å². The van der Waals surface area contributed by atoms with Crippen LogP contribution in [0.15, 0.2) is 30.5 Å². The van der Waals surface area contributed by atoms with Crippen LogP contribution in [0, 0.1) is 6.92 Å². The molecule has 0 amide bonds. The Balaban J connectivity index is 2.75. The van der Waals surface area contributed by atoms with Crippen molar-refractivity contribution in [3.05, 3.63) is 36.0 Å². The highest BCUT2D eigenvalue weighted by molar-refractivity contribution is 14.2. The highest BCUT2D eigenvalue weighted by Crippen LogP contribution is 2.25. The fourth-order valence-electron chi connectivity index (χ4n) is 1.27. The number of benzene rings is 1. The lowest BCUT2D eigenvalue weighted by atomic mass is 10.2. The molecule has 1 heterocycles. The van der Waals surface area contributed by atoms with Gasteiger partial charge in [0, 0.05) is 41.9 Å². The molecule has 12 heavy (non-hydrogen) atoms. The fraction of sp³-hybridized carbons (Fsp3) is 0.111. The lowest BCUT2D eigenvalue weighted by Crippen LogP contribution is -1.79. The van der Waals surface area contributed by atoms with Crippen molar-refractivity contribution in [2.75, 3.05) is 0 Å². The van der Waals surface area contributed by atoms with Gasteiger partial charge < -0.3 is 0 Å². The van der Waals surface area contributed by atoms with E-state index in [-0.39, 0.29) is 0 Å². The maximum absolute atomic E-state index is 2.29. The molecular weight excluding hydrogens is 281 g/mol. The van der Waals surface area contributed by atoms with Gasteiger partial charge in [-0.15, -0.1) is 0 Å². The molecule has 1 aromatic carbocycles. The summed E-state index contributed by atoms with van der Waals surface area (Å²) in [5.74, 6) is 0. The molecule has 2 aromatic rings. The molecule has 0 aliphatic carbocycles. The molecule has 0 saturated heterocycles. The number of aryl methyl sites for hydroxylation is 1. The van der Waals surface area contributed by atoms with E-state index in [9.17, 15) is 0 Å². The highest BCUT2D eigenvalue weighted by Gasteiger charge is 1.99. The minimum Gasteiger partial charge on any atom is -0.283 e. The van der Waals surface area contributed by atoms with Gasteiger partial charge in [-0.25, -0.2) is 0 Å². The summed E-state index contributed by atoms with van der Waals surface area (Å²) < 4.78 is 2.17. The Kier molecular flexibility index (Phi) is 2.32. The third-order valence-electron chi connectivity index (χ3n) is 1.89. The van der Waals surface area contributed by atoms with Crippen LogP contribution in [0.2, 0.25) is 0 Å². The van der Waals surface area contributed by atoms with Gasteiger partial charge in [-0.3, -0.25) is 3.97 Å². The molecule has 0 atom stereocenters. The Morgan fingerprint density at radius 2 is 2.17 bits per heavy atom. The molecule has 0 aliphatic rings. The van der Waals surface area contributed by atoms with Gasteiger partial charge in [-0.2, -0.15) is 0 Å². The zero-order valence-electron chi connectivity index (χ0n) is 6.62. The zero-order valence-corrected chi connectivity index (χ0v) is 9.59. The molecule has 62 valence electrons. The van der Waals surface area contributed by atoms with Crippen molar-refractivity contribution >= 4 is 41.2 Å². The second kappa shape index (κ2) is 3.30. The van der Waals surface area contributed by atoms with E-state index in [2.05, 4.69) is 62.6 Å². The number of fused-ring (bicyclic) bond motifs is 1. The predicted octanol–water partition coefficient (Wildman–Crippen LogP) is 3.80. The van der Waals surface area contributed by atoms with Gasteiger partial charge in [0.1, 0.15) is 0 Å².